The van der Waals surface area contributed by atoms with Gasteiger partial charge in [-0.1, -0.05) is 48.5 Å². The highest BCUT2D eigenvalue weighted by Gasteiger charge is 2.20. The van der Waals surface area contributed by atoms with E-state index in [9.17, 15) is 9.18 Å². The number of carbonyl (C=O) groups is 1. The Hall–Kier alpha value is -4.00. The molecule has 1 atom stereocenters. The third-order valence-electron chi connectivity index (χ3n) is 5.47. The lowest BCUT2D eigenvalue weighted by Crippen LogP contribution is -2.34. The third-order valence-corrected chi connectivity index (χ3v) is 5.47. The molecule has 6 nitrogen and oxygen atoms in total. The van der Waals surface area contributed by atoms with E-state index in [1.54, 1.807) is 19.2 Å². The number of amides is 1. The Bertz CT molecular complexity index is 1260. The van der Waals surface area contributed by atoms with Gasteiger partial charge in [0.2, 0.25) is 5.91 Å². The number of para-hydroxylation sites is 1. The van der Waals surface area contributed by atoms with E-state index in [1.165, 1.54) is 13.2 Å². The Morgan fingerprint density at radius 2 is 1.79 bits per heavy atom. The summed E-state index contributed by atoms with van der Waals surface area (Å²) < 4.78 is 19.1. The average Bonchev–Trinajstić information content (AvgIpc) is 2.86. The van der Waals surface area contributed by atoms with Crippen LogP contribution in [0.15, 0.2) is 72.8 Å². The number of carbonyl (C=O) groups excluding carboxylic acids is 1. The smallest absolute Gasteiger partial charge is 0.224 e. The van der Waals surface area contributed by atoms with Gasteiger partial charge in [0.15, 0.2) is 17.4 Å². The van der Waals surface area contributed by atoms with Crippen LogP contribution in [0.3, 0.4) is 0 Å². The molecule has 0 aliphatic rings. The van der Waals surface area contributed by atoms with Gasteiger partial charge in [-0.3, -0.25) is 4.79 Å². The molecule has 4 aromatic rings. The number of ether oxygens (including phenoxy) is 1. The summed E-state index contributed by atoms with van der Waals surface area (Å²) in [4.78, 5) is 22.0. The SMILES string of the molecule is CNC(=O)C(CNc1nc(-c2ccccc2)nc2ccccc12)Cc1ccc(OC)c(F)c1. The zero-order chi connectivity index (χ0) is 23.2. The molecule has 1 unspecified atom stereocenters. The fourth-order valence-corrected chi connectivity index (χ4v) is 3.73. The van der Waals surface area contributed by atoms with Crippen LogP contribution in [0.2, 0.25) is 0 Å². The van der Waals surface area contributed by atoms with Crippen molar-refractivity contribution in [2.45, 2.75) is 6.42 Å². The number of halogens is 1. The Morgan fingerprint density at radius 1 is 1.03 bits per heavy atom. The fraction of sp³-hybridized carbons (Fsp3) is 0.192. The van der Waals surface area contributed by atoms with Gasteiger partial charge < -0.3 is 15.4 Å². The highest BCUT2D eigenvalue weighted by molar-refractivity contribution is 5.90. The van der Waals surface area contributed by atoms with Gasteiger partial charge in [0, 0.05) is 24.5 Å². The first-order valence-electron chi connectivity index (χ1n) is 10.7. The highest BCUT2D eigenvalue weighted by atomic mass is 19.1. The molecule has 0 aliphatic heterocycles. The molecular weight excluding hydrogens is 419 g/mol. The summed E-state index contributed by atoms with van der Waals surface area (Å²) in [6, 6.07) is 22.2. The largest absolute Gasteiger partial charge is 0.494 e. The molecule has 4 rings (SSSR count). The lowest BCUT2D eigenvalue weighted by Gasteiger charge is -2.18. The molecule has 0 aliphatic carbocycles. The maximum Gasteiger partial charge on any atom is 0.224 e. The number of hydrogen-bond acceptors (Lipinski definition) is 5. The normalized spacial score (nSPS) is 11.7. The molecule has 0 saturated carbocycles. The van der Waals surface area contributed by atoms with Crippen molar-refractivity contribution in [1.82, 2.24) is 15.3 Å². The molecular formula is C26H25FN4O2. The van der Waals surface area contributed by atoms with Gasteiger partial charge in [-0.05, 0) is 36.2 Å². The maximum absolute atomic E-state index is 14.2. The third kappa shape index (κ3) is 5.09. The minimum atomic E-state index is -0.451. The predicted molar refractivity (Wildman–Crippen MR) is 128 cm³/mol. The number of anilines is 1. The van der Waals surface area contributed by atoms with Crippen molar-refractivity contribution in [2.75, 3.05) is 26.0 Å². The molecule has 1 amide bonds. The van der Waals surface area contributed by atoms with Gasteiger partial charge in [0.05, 0.1) is 18.5 Å². The molecule has 33 heavy (non-hydrogen) atoms. The Kier molecular flexibility index (Phi) is 6.78. The van der Waals surface area contributed by atoms with Crippen LogP contribution in [0.1, 0.15) is 5.56 Å². The number of nitrogens with one attached hydrogen (secondary N) is 2. The van der Waals surface area contributed by atoms with Crippen molar-refractivity contribution in [2.24, 2.45) is 5.92 Å². The number of fused-ring (bicyclic) bond motifs is 1. The summed E-state index contributed by atoms with van der Waals surface area (Å²) >= 11 is 0. The first-order chi connectivity index (χ1) is 16.1. The lowest BCUT2D eigenvalue weighted by atomic mass is 9.98. The minimum absolute atomic E-state index is 0.139. The van der Waals surface area contributed by atoms with Crippen LogP contribution in [-0.2, 0) is 11.2 Å². The molecule has 0 fully saturated rings. The number of hydrogen-bond donors (Lipinski definition) is 2. The molecule has 0 saturated heterocycles. The van der Waals surface area contributed by atoms with Crippen LogP contribution in [0.25, 0.3) is 22.3 Å². The second kappa shape index (κ2) is 10.1. The summed E-state index contributed by atoms with van der Waals surface area (Å²) in [5.74, 6) is 0.402. The second-order valence-electron chi connectivity index (χ2n) is 7.64. The highest BCUT2D eigenvalue weighted by Crippen LogP contribution is 2.26. The summed E-state index contributed by atoms with van der Waals surface area (Å²) in [7, 11) is 3.02. The van der Waals surface area contributed by atoms with Gasteiger partial charge in [-0.25, -0.2) is 14.4 Å². The minimum Gasteiger partial charge on any atom is -0.494 e. The molecule has 3 aromatic carbocycles. The van der Waals surface area contributed by atoms with Crippen molar-refractivity contribution in [3.63, 3.8) is 0 Å². The fourth-order valence-electron chi connectivity index (χ4n) is 3.73. The quantitative estimate of drug-likeness (QED) is 0.420. The van der Waals surface area contributed by atoms with Crippen molar-refractivity contribution >= 4 is 22.6 Å². The summed E-state index contributed by atoms with van der Waals surface area (Å²) in [6.07, 6.45) is 0.363. The number of aromatic nitrogens is 2. The van der Waals surface area contributed by atoms with Crippen LogP contribution in [0.4, 0.5) is 10.2 Å². The first kappa shape index (κ1) is 22.2. The van der Waals surface area contributed by atoms with E-state index < -0.39 is 11.7 Å². The van der Waals surface area contributed by atoms with E-state index in [-0.39, 0.29) is 11.7 Å². The summed E-state index contributed by atoms with van der Waals surface area (Å²) in [5, 5.41) is 6.91. The molecule has 0 radical (unpaired) electrons. The zero-order valence-electron chi connectivity index (χ0n) is 18.5. The van der Waals surface area contributed by atoms with Gasteiger partial charge in [0.1, 0.15) is 5.82 Å². The molecule has 0 bridgehead atoms. The van der Waals surface area contributed by atoms with E-state index in [0.717, 1.165) is 16.5 Å². The number of benzene rings is 3. The lowest BCUT2D eigenvalue weighted by molar-refractivity contribution is -0.124. The monoisotopic (exact) mass is 444 g/mol. The second-order valence-corrected chi connectivity index (χ2v) is 7.64. The average molecular weight is 445 g/mol. The van der Waals surface area contributed by atoms with Crippen LogP contribution < -0.4 is 15.4 Å². The van der Waals surface area contributed by atoms with Crippen molar-refractivity contribution in [3.8, 4) is 17.1 Å². The number of methoxy groups -OCH3 is 1. The molecule has 7 heteroatoms. The van der Waals surface area contributed by atoms with Crippen LogP contribution in [0.5, 0.6) is 5.75 Å². The van der Waals surface area contributed by atoms with E-state index >= 15 is 0 Å². The summed E-state index contributed by atoms with van der Waals surface area (Å²) in [5.41, 5.74) is 2.42. The first-order valence-corrected chi connectivity index (χ1v) is 10.7. The zero-order valence-corrected chi connectivity index (χ0v) is 18.5. The van der Waals surface area contributed by atoms with Gasteiger partial charge >= 0.3 is 0 Å². The Morgan fingerprint density at radius 3 is 2.52 bits per heavy atom. The Balaban J connectivity index is 1.61. The molecule has 1 heterocycles. The van der Waals surface area contributed by atoms with Gasteiger partial charge in [0.25, 0.3) is 0 Å². The molecule has 168 valence electrons. The van der Waals surface area contributed by atoms with Crippen molar-refractivity contribution in [3.05, 3.63) is 84.2 Å². The molecule has 0 spiro atoms. The topological polar surface area (TPSA) is 76.1 Å². The standard InChI is InChI=1S/C26H25FN4O2/c1-28-26(32)19(14-17-12-13-23(33-2)21(27)15-17)16-29-25-20-10-6-7-11-22(20)30-24(31-25)18-8-4-3-5-9-18/h3-13,15,19H,14,16H2,1-2H3,(H,28,32)(H,29,30,31). The van der Waals surface area contributed by atoms with E-state index in [1.807, 2.05) is 54.6 Å². The summed E-state index contributed by atoms with van der Waals surface area (Å²) in [6.45, 7) is 0.322. The molecule has 1 aromatic heterocycles. The van der Waals surface area contributed by atoms with Gasteiger partial charge in [-0.2, -0.15) is 0 Å². The van der Waals surface area contributed by atoms with Crippen LogP contribution in [-0.4, -0.2) is 36.6 Å². The van der Waals surface area contributed by atoms with E-state index in [4.69, 9.17) is 14.7 Å². The van der Waals surface area contributed by atoms with E-state index in [0.29, 0.717) is 30.2 Å². The van der Waals surface area contributed by atoms with Crippen molar-refractivity contribution < 1.29 is 13.9 Å². The van der Waals surface area contributed by atoms with Crippen molar-refractivity contribution in [1.29, 1.82) is 0 Å². The van der Waals surface area contributed by atoms with Gasteiger partial charge in [-0.15, -0.1) is 0 Å². The molecule has 2 N–H and O–H groups in total. The maximum atomic E-state index is 14.2. The Labute approximate surface area is 191 Å². The number of nitrogens with zero attached hydrogens (tertiary/aromatic N) is 2. The van der Waals surface area contributed by atoms with E-state index in [2.05, 4.69) is 10.6 Å². The number of rotatable bonds is 8. The predicted octanol–water partition coefficient (Wildman–Crippen LogP) is 4.46. The van der Waals surface area contributed by atoms with Crippen LogP contribution >= 0.6 is 0 Å². The van der Waals surface area contributed by atoms with Crippen LogP contribution in [0, 0.1) is 11.7 Å².